The molecule has 384 valence electrons. The highest BCUT2D eigenvalue weighted by Gasteiger charge is 2.38. The van der Waals surface area contributed by atoms with E-state index in [2.05, 4.69) is 52.2 Å². The van der Waals surface area contributed by atoms with Gasteiger partial charge < -0.3 is 64.4 Å². The van der Waals surface area contributed by atoms with E-state index in [0.717, 1.165) is 16.5 Å². The molecule has 15 N–H and O–H groups in total. The molecule has 0 saturated carbocycles. The van der Waals surface area contributed by atoms with Crippen LogP contribution in [0.2, 0.25) is 0 Å². The van der Waals surface area contributed by atoms with E-state index >= 15 is 0 Å². The van der Waals surface area contributed by atoms with Crippen LogP contribution in [0.25, 0.3) is 10.9 Å². The third kappa shape index (κ3) is 16.5. The number of nitrogens with zero attached hydrogens (tertiary/aromatic N) is 1. The van der Waals surface area contributed by atoms with Crippen LogP contribution in [-0.2, 0) is 62.4 Å². The molecular formula is C49H69N13O9. The topological polar surface area (TPSA) is 360 Å². The summed E-state index contributed by atoms with van der Waals surface area (Å²) in [5, 5.41) is 19.3. The first-order valence-electron chi connectivity index (χ1n) is 23.5. The molecule has 8 atom stereocenters. The van der Waals surface area contributed by atoms with Crippen LogP contribution >= 0.6 is 0 Å². The van der Waals surface area contributed by atoms with Gasteiger partial charge >= 0.3 is 0 Å². The highest BCUT2D eigenvalue weighted by atomic mass is 16.2. The summed E-state index contributed by atoms with van der Waals surface area (Å²) in [4.78, 5) is 131. The Morgan fingerprint density at radius 1 is 0.662 bits per heavy atom. The van der Waals surface area contributed by atoms with Gasteiger partial charge in [0.25, 0.3) is 0 Å². The van der Waals surface area contributed by atoms with Crippen molar-refractivity contribution in [3.63, 3.8) is 0 Å². The monoisotopic (exact) mass is 984 g/mol. The van der Waals surface area contributed by atoms with E-state index in [1.165, 1.54) is 33.3 Å². The molecule has 4 rings (SSSR count). The number of hydrogen-bond donors (Lipinski definition) is 12. The van der Waals surface area contributed by atoms with Gasteiger partial charge in [0.05, 0.1) is 12.4 Å². The first kappa shape index (κ1) is 56.0. The van der Waals surface area contributed by atoms with Crippen molar-refractivity contribution in [3.8, 4) is 0 Å². The summed E-state index contributed by atoms with van der Waals surface area (Å²) in [5.41, 5.74) is 18.2. The van der Waals surface area contributed by atoms with Crippen molar-refractivity contribution < 1.29 is 43.2 Å². The van der Waals surface area contributed by atoms with Crippen LogP contribution in [0, 0.1) is 11.8 Å². The van der Waals surface area contributed by atoms with Crippen LogP contribution in [0.15, 0.2) is 73.3 Å². The van der Waals surface area contributed by atoms with E-state index in [4.69, 9.17) is 17.2 Å². The maximum absolute atomic E-state index is 14.2. The predicted molar refractivity (Wildman–Crippen MR) is 264 cm³/mol. The minimum Gasteiger partial charge on any atom is -0.370 e. The van der Waals surface area contributed by atoms with Crippen LogP contribution in [0.1, 0.15) is 84.5 Å². The fraction of sp³-hybridized carbons (Fsp3) is 0.469. The van der Waals surface area contributed by atoms with Crippen LogP contribution in [0.3, 0.4) is 0 Å². The summed E-state index contributed by atoms with van der Waals surface area (Å²) in [5.74, 6) is -7.63. The zero-order valence-electron chi connectivity index (χ0n) is 41.2. The number of hydrogen-bond acceptors (Lipinski definition) is 11. The lowest BCUT2D eigenvalue weighted by molar-refractivity contribution is -0.138. The van der Waals surface area contributed by atoms with Crippen molar-refractivity contribution >= 4 is 64.1 Å². The molecule has 8 unspecified atom stereocenters. The van der Waals surface area contributed by atoms with E-state index in [1.54, 1.807) is 57.3 Å². The fourth-order valence-electron chi connectivity index (χ4n) is 7.58. The van der Waals surface area contributed by atoms with Gasteiger partial charge in [0.15, 0.2) is 0 Å². The molecule has 0 saturated heterocycles. The Morgan fingerprint density at radius 2 is 1.27 bits per heavy atom. The zero-order chi connectivity index (χ0) is 52.6. The summed E-state index contributed by atoms with van der Waals surface area (Å²) >= 11 is 0. The Morgan fingerprint density at radius 3 is 1.89 bits per heavy atom. The van der Waals surface area contributed by atoms with Crippen molar-refractivity contribution in [1.82, 2.24) is 52.2 Å². The number of amides is 9. The average molecular weight is 984 g/mol. The molecule has 22 nitrogen and oxygen atoms in total. The van der Waals surface area contributed by atoms with Gasteiger partial charge in [0, 0.05) is 48.3 Å². The lowest BCUT2D eigenvalue weighted by atomic mass is 9.97. The molecular weight excluding hydrogens is 915 g/mol. The fourth-order valence-corrected chi connectivity index (χ4v) is 7.58. The SMILES string of the molecule is CCC(C)C(NC(=O)C(Cc1cnc[nH]1)NC(=O)C(C)(C)NC(=O)C(NC(=O)C(C)NC(=O)C(Cc1c[nH]c2ccccc12)NC(=O)C(CCC(N)=O)NC(=O)C(N)Cc1ccccc1)C(C)C)C(N)=O. The number of nitrogens with two attached hydrogens (primary N) is 3. The van der Waals surface area contributed by atoms with E-state index in [-0.39, 0.29) is 38.0 Å². The van der Waals surface area contributed by atoms with Gasteiger partial charge in [-0.3, -0.25) is 43.2 Å². The molecule has 71 heavy (non-hydrogen) atoms. The van der Waals surface area contributed by atoms with Crippen molar-refractivity contribution in [3.05, 3.63) is 90.1 Å². The van der Waals surface area contributed by atoms with E-state index < -0.39 is 107 Å². The van der Waals surface area contributed by atoms with Gasteiger partial charge in [0.2, 0.25) is 53.2 Å². The van der Waals surface area contributed by atoms with Crippen molar-refractivity contribution in [2.75, 3.05) is 0 Å². The number of H-pyrrole nitrogens is 2. The molecule has 9 amide bonds. The number of carbonyl (C=O) groups excluding carboxylic acids is 9. The third-order valence-electron chi connectivity index (χ3n) is 12.1. The number of carbonyl (C=O) groups is 9. The average Bonchev–Trinajstić information content (AvgIpc) is 4.00. The normalized spacial score (nSPS) is 14.8. The number of fused-ring (bicyclic) bond motifs is 1. The Balaban J connectivity index is 1.49. The quantitative estimate of drug-likeness (QED) is 0.0362. The third-order valence-corrected chi connectivity index (χ3v) is 12.1. The molecule has 0 spiro atoms. The minimum atomic E-state index is -1.67. The first-order chi connectivity index (χ1) is 33.5. The highest BCUT2D eigenvalue weighted by Crippen LogP contribution is 2.20. The number of aromatic amines is 2. The molecule has 0 bridgehead atoms. The van der Waals surface area contributed by atoms with Gasteiger partial charge in [0.1, 0.15) is 41.8 Å². The summed E-state index contributed by atoms with van der Waals surface area (Å²) in [7, 11) is 0. The molecule has 0 fully saturated rings. The molecule has 22 heteroatoms. The molecule has 0 radical (unpaired) electrons. The standard InChI is InChI=1S/C49H69N13O9/c1-8-27(4)40(41(52)64)61-46(69)37(22-31-24-53-25-55-31)59-48(71)49(6,7)62-47(70)39(26(2)3)60-42(65)28(5)56-45(68)36(21-30-23-54-34-17-13-12-16-32(30)34)58-44(67)35(18-19-38(51)63)57-43(66)33(50)20-29-14-10-9-11-15-29/h9-17,23-28,33,35-37,39-40,54H,8,18-22,50H2,1-7H3,(H2,51,63)(H2,52,64)(H,53,55)(H,56,68)(H,57,66)(H,58,67)(H,59,71)(H,60,65)(H,61,69)(H,62,70). The van der Waals surface area contributed by atoms with Gasteiger partial charge in [-0.25, -0.2) is 4.98 Å². The second-order valence-electron chi connectivity index (χ2n) is 18.6. The lowest BCUT2D eigenvalue weighted by Crippen LogP contribution is -2.64. The smallest absolute Gasteiger partial charge is 0.245 e. The number of imidazole rings is 1. The number of rotatable bonds is 27. The molecule has 2 aromatic heterocycles. The van der Waals surface area contributed by atoms with Gasteiger partial charge in [-0.2, -0.15) is 0 Å². The highest BCUT2D eigenvalue weighted by molar-refractivity contribution is 5.99. The number of para-hydroxylation sites is 1. The molecule has 0 aliphatic heterocycles. The van der Waals surface area contributed by atoms with Crippen molar-refractivity contribution in [2.24, 2.45) is 29.0 Å². The predicted octanol–water partition coefficient (Wildman–Crippen LogP) is -0.477. The van der Waals surface area contributed by atoms with E-state index in [0.29, 0.717) is 17.7 Å². The molecule has 2 aromatic carbocycles. The number of nitrogens with one attached hydrogen (secondary N) is 9. The number of benzene rings is 2. The van der Waals surface area contributed by atoms with Gasteiger partial charge in [-0.1, -0.05) is 82.6 Å². The lowest BCUT2D eigenvalue weighted by Gasteiger charge is -2.32. The number of aromatic nitrogens is 3. The van der Waals surface area contributed by atoms with Gasteiger partial charge in [-0.15, -0.1) is 0 Å². The molecule has 2 heterocycles. The maximum Gasteiger partial charge on any atom is 0.245 e. The van der Waals surface area contributed by atoms with Crippen LogP contribution in [0.5, 0.6) is 0 Å². The zero-order valence-corrected chi connectivity index (χ0v) is 41.2. The van der Waals surface area contributed by atoms with Crippen molar-refractivity contribution in [2.45, 2.75) is 135 Å². The Labute approximate surface area is 412 Å². The van der Waals surface area contributed by atoms with Crippen LogP contribution in [-0.4, -0.2) is 116 Å². The largest absolute Gasteiger partial charge is 0.370 e. The summed E-state index contributed by atoms with van der Waals surface area (Å²) in [6, 6.07) is 7.75. The van der Waals surface area contributed by atoms with E-state index in [9.17, 15) is 43.2 Å². The van der Waals surface area contributed by atoms with Gasteiger partial charge in [-0.05, 0) is 62.6 Å². The Hall–Kier alpha value is -7.62. The van der Waals surface area contributed by atoms with Crippen LogP contribution in [0.4, 0.5) is 0 Å². The summed E-state index contributed by atoms with van der Waals surface area (Å²) < 4.78 is 0. The molecule has 4 aromatic rings. The minimum absolute atomic E-state index is 0.0511. The second kappa shape index (κ2) is 25.8. The summed E-state index contributed by atoms with van der Waals surface area (Å²) in [6.45, 7) is 11.1. The summed E-state index contributed by atoms with van der Waals surface area (Å²) in [6.07, 6.45) is 4.61. The Kier molecular flexibility index (Phi) is 20.4. The maximum atomic E-state index is 14.2. The number of primary amides is 2. The molecule has 0 aliphatic carbocycles. The first-order valence-corrected chi connectivity index (χ1v) is 23.5. The van der Waals surface area contributed by atoms with Crippen molar-refractivity contribution in [1.29, 1.82) is 0 Å². The van der Waals surface area contributed by atoms with E-state index in [1.807, 2.05) is 31.2 Å². The Bertz CT molecular complexity index is 2490. The molecule has 0 aliphatic rings. The second-order valence-corrected chi connectivity index (χ2v) is 18.6. The van der Waals surface area contributed by atoms with Crippen LogP contribution < -0.4 is 54.4 Å².